The van der Waals surface area contributed by atoms with Gasteiger partial charge in [0.05, 0.1) is 6.04 Å². The van der Waals surface area contributed by atoms with E-state index in [0.29, 0.717) is 5.88 Å². The number of rotatable bonds is 3. The van der Waals surface area contributed by atoms with E-state index in [9.17, 15) is 4.79 Å². The summed E-state index contributed by atoms with van der Waals surface area (Å²) in [5.41, 5.74) is 0. The lowest BCUT2D eigenvalue weighted by Crippen LogP contribution is -2.31. The molecule has 1 aliphatic rings. The fraction of sp³-hybridized carbons (Fsp3) is 0.857. The number of carbonyl (C=O) groups is 1. The van der Waals surface area contributed by atoms with Gasteiger partial charge in [-0.05, 0) is 19.4 Å². The Bertz CT molecular complexity index is 118. The highest BCUT2D eigenvalue weighted by Crippen LogP contribution is 2.14. The predicted molar refractivity (Wildman–Crippen MR) is 41.4 cm³/mol. The van der Waals surface area contributed by atoms with Crippen LogP contribution in [0.25, 0.3) is 0 Å². The molecule has 0 radical (unpaired) electrons. The summed E-state index contributed by atoms with van der Waals surface area (Å²) in [6, 6.07) is 0.152. The molecule has 0 aromatic carbocycles. The molecule has 1 heterocycles. The van der Waals surface area contributed by atoms with Crippen LogP contribution < -0.4 is 0 Å². The van der Waals surface area contributed by atoms with E-state index in [1.807, 2.05) is 0 Å². The zero-order valence-electron chi connectivity index (χ0n) is 5.92. The van der Waals surface area contributed by atoms with Gasteiger partial charge in [0.25, 0.3) is 0 Å². The smallest absolute Gasteiger partial charge is 0.137 e. The summed E-state index contributed by atoms with van der Waals surface area (Å²) in [6.07, 6.45) is 3.18. The van der Waals surface area contributed by atoms with Crippen LogP contribution in [0.2, 0.25) is 0 Å². The SMILES string of the molecule is O=CC1CCCN1CCCl. The molecule has 0 N–H and O–H groups in total. The fourth-order valence-electron chi connectivity index (χ4n) is 1.39. The normalized spacial score (nSPS) is 27.1. The van der Waals surface area contributed by atoms with Gasteiger partial charge in [-0.2, -0.15) is 0 Å². The molecule has 1 aliphatic heterocycles. The van der Waals surface area contributed by atoms with E-state index in [-0.39, 0.29) is 6.04 Å². The average molecular weight is 162 g/mol. The Morgan fingerprint density at radius 2 is 2.50 bits per heavy atom. The molecule has 0 saturated carbocycles. The Hall–Kier alpha value is -0.0800. The molecule has 0 aromatic rings. The van der Waals surface area contributed by atoms with Crippen LogP contribution in [0.5, 0.6) is 0 Å². The van der Waals surface area contributed by atoms with Crippen molar-refractivity contribution in [3.05, 3.63) is 0 Å². The summed E-state index contributed by atoms with van der Waals surface area (Å²) in [5, 5.41) is 0. The minimum absolute atomic E-state index is 0.152. The molecule has 1 fully saturated rings. The zero-order valence-corrected chi connectivity index (χ0v) is 6.68. The molecule has 1 atom stereocenters. The Morgan fingerprint density at radius 3 is 3.10 bits per heavy atom. The average Bonchev–Trinajstić information content (AvgIpc) is 2.36. The van der Waals surface area contributed by atoms with Gasteiger partial charge >= 0.3 is 0 Å². The highest BCUT2D eigenvalue weighted by atomic mass is 35.5. The standard InChI is InChI=1S/C7H12ClNO/c8-3-5-9-4-1-2-7(9)6-10/h6-7H,1-5H2. The molecule has 10 heavy (non-hydrogen) atoms. The number of alkyl halides is 1. The molecule has 58 valence electrons. The predicted octanol–water partition coefficient (Wildman–Crippen LogP) is 0.889. The second-order valence-electron chi connectivity index (χ2n) is 2.57. The molecule has 0 amide bonds. The quantitative estimate of drug-likeness (QED) is 0.453. The molecule has 3 heteroatoms. The highest BCUT2D eigenvalue weighted by Gasteiger charge is 2.22. The van der Waals surface area contributed by atoms with Crippen molar-refractivity contribution in [1.82, 2.24) is 4.90 Å². The molecule has 0 aromatic heterocycles. The summed E-state index contributed by atoms with van der Waals surface area (Å²) in [6.45, 7) is 1.89. The van der Waals surface area contributed by atoms with Gasteiger partial charge in [0.15, 0.2) is 0 Å². The third kappa shape index (κ3) is 1.70. The monoisotopic (exact) mass is 161 g/mol. The van der Waals surface area contributed by atoms with Crippen LogP contribution in [0.3, 0.4) is 0 Å². The van der Waals surface area contributed by atoms with Gasteiger partial charge in [0.2, 0.25) is 0 Å². The Labute approximate surface area is 66.1 Å². The molecule has 2 nitrogen and oxygen atoms in total. The van der Waals surface area contributed by atoms with E-state index in [0.717, 1.165) is 32.2 Å². The molecule has 1 rings (SSSR count). The van der Waals surface area contributed by atoms with E-state index in [1.165, 1.54) is 0 Å². The van der Waals surface area contributed by atoms with E-state index in [4.69, 9.17) is 11.6 Å². The third-order valence-electron chi connectivity index (χ3n) is 1.94. The van der Waals surface area contributed by atoms with Crippen molar-refractivity contribution in [2.75, 3.05) is 19.0 Å². The second kappa shape index (κ2) is 3.94. The maximum Gasteiger partial charge on any atom is 0.137 e. The van der Waals surface area contributed by atoms with Crippen molar-refractivity contribution >= 4 is 17.9 Å². The number of aldehydes is 1. The van der Waals surface area contributed by atoms with E-state index >= 15 is 0 Å². The first-order valence-corrected chi connectivity index (χ1v) is 4.17. The first-order valence-electron chi connectivity index (χ1n) is 3.64. The molecule has 0 aliphatic carbocycles. The van der Waals surface area contributed by atoms with Gasteiger partial charge in [-0.3, -0.25) is 4.90 Å². The lowest BCUT2D eigenvalue weighted by molar-refractivity contribution is -0.111. The van der Waals surface area contributed by atoms with Crippen molar-refractivity contribution in [2.24, 2.45) is 0 Å². The minimum atomic E-state index is 0.152. The summed E-state index contributed by atoms with van der Waals surface area (Å²) >= 11 is 5.55. The zero-order chi connectivity index (χ0) is 7.40. The van der Waals surface area contributed by atoms with Crippen LogP contribution in [-0.2, 0) is 4.79 Å². The lowest BCUT2D eigenvalue weighted by atomic mass is 10.2. The van der Waals surface area contributed by atoms with E-state index in [1.54, 1.807) is 0 Å². The van der Waals surface area contributed by atoms with Gasteiger partial charge in [0, 0.05) is 12.4 Å². The van der Waals surface area contributed by atoms with E-state index in [2.05, 4.69) is 4.90 Å². The van der Waals surface area contributed by atoms with Crippen LogP contribution in [0.4, 0.5) is 0 Å². The molecular weight excluding hydrogens is 150 g/mol. The van der Waals surface area contributed by atoms with Crippen molar-refractivity contribution in [3.8, 4) is 0 Å². The Morgan fingerprint density at radius 1 is 1.70 bits per heavy atom. The Kier molecular flexibility index (Phi) is 3.16. The number of hydrogen-bond donors (Lipinski definition) is 0. The largest absolute Gasteiger partial charge is 0.302 e. The van der Waals surface area contributed by atoms with Crippen LogP contribution in [0.1, 0.15) is 12.8 Å². The number of hydrogen-bond acceptors (Lipinski definition) is 2. The van der Waals surface area contributed by atoms with Crippen molar-refractivity contribution in [2.45, 2.75) is 18.9 Å². The van der Waals surface area contributed by atoms with Gasteiger partial charge in [0.1, 0.15) is 6.29 Å². The van der Waals surface area contributed by atoms with Crippen molar-refractivity contribution in [1.29, 1.82) is 0 Å². The van der Waals surface area contributed by atoms with Gasteiger partial charge in [-0.25, -0.2) is 0 Å². The second-order valence-corrected chi connectivity index (χ2v) is 2.95. The number of nitrogens with zero attached hydrogens (tertiary/aromatic N) is 1. The van der Waals surface area contributed by atoms with Crippen LogP contribution in [0.15, 0.2) is 0 Å². The topological polar surface area (TPSA) is 20.3 Å². The maximum absolute atomic E-state index is 10.4. The first-order chi connectivity index (χ1) is 4.88. The van der Waals surface area contributed by atoms with Crippen molar-refractivity contribution in [3.63, 3.8) is 0 Å². The highest BCUT2D eigenvalue weighted by molar-refractivity contribution is 6.18. The van der Waals surface area contributed by atoms with Crippen LogP contribution in [0, 0.1) is 0 Å². The maximum atomic E-state index is 10.4. The van der Waals surface area contributed by atoms with Crippen LogP contribution in [-0.4, -0.2) is 36.2 Å². The molecule has 1 unspecified atom stereocenters. The summed E-state index contributed by atoms with van der Waals surface area (Å²) in [7, 11) is 0. The summed E-state index contributed by atoms with van der Waals surface area (Å²) in [4.78, 5) is 12.5. The Balaban J connectivity index is 2.34. The van der Waals surface area contributed by atoms with Crippen LogP contribution >= 0.6 is 11.6 Å². The third-order valence-corrected chi connectivity index (χ3v) is 2.11. The van der Waals surface area contributed by atoms with Gasteiger partial charge in [-0.15, -0.1) is 11.6 Å². The molecule has 1 saturated heterocycles. The molecule has 0 bridgehead atoms. The minimum Gasteiger partial charge on any atom is -0.302 e. The lowest BCUT2D eigenvalue weighted by Gasteiger charge is -2.17. The molecular formula is C7H12ClNO. The van der Waals surface area contributed by atoms with Gasteiger partial charge in [-0.1, -0.05) is 0 Å². The number of likely N-dealkylation sites (tertiary alicyclic amines) is 1. The summed E-state index contributed by atoms with van der Waals surface area (Å²) in [5.74, 6) is 0.629. The van der Waals surface area contributed by atoms with E-state index < -0.39 is 0 Å². The number of carbonyl (C=O) groups excluding carboxylic acids is 1. The van der Waals surface area contributed by atoms with Gasteiger partial charge < -0.3 is 4.79 Å². The molecule has 0 spiro atoms. The first kappa shape index (κ1) is 8.02. The summed E-state index contributed by atoms with van der Waals surface area (Å²) < 4.78 is 0. The fourth-order valence-corrected chi connectivity index (χ4v) is 1.61. The number of halogens is 1. The van der Waals surface area contributed by atoms with Crippen molar-refractivity contribution < 1.29 is 4.79 Å².